The summed E-state index contributed by atoms with van der Waals surface area (Å²) < 4.78 is 5.08. The summed E-state index contributed by atoms with van der Waals surface area (Å²) in [6.45, 7) is 8.80. The quantitative estimate of drug-likeness (QED) is 0.167. The Kier molecular flexibility index (Phi) is 7.25. The normalized spacial score (nSPS) is 12.2. The van der Waals surface area contributed by atoms with Gasteiger partial charge in [-0.2, -0.15) is 0 Å². The highest BCUT2D eigenvalue weighted by Gasteiger charge is 2.28. The van der Waals surface area contributed by atoms with E-state index in [2.05, 4.69) is 228 Å². The number of nitrogens with zero attached hydrogens (tertiary/aromatic N) is 4. The van der Waals surface area contributed by atoms with Crippen LogP contribution in [-0.2, 0) is 0 Å². The molecule has 4 heterocycles. The van der Waals surface area contributed by atoms with Gasteiger partial charge in [-0.25, -0.2) is 0 Å². The Morgan fingerprint density at radius 2 is 0.694 bits per heavy atom. The Morgan fingerprint density at radius 1 is 0.290 bits per heavy atom. The van der Waals surface area contributed by atoms with Gasteiger partial charge in [0, 0.05) is 65.8 Å². The molecule has 0 bridgehead atoms. The lowest BCUT2D eigenvalue weighted by Crippen LogP contribution is -2.10. The van der Waals surface area contributed by atoms with Crippen LogP contribution in [0.25, 0.3) is 76.2 Å². The van der Waals surface area contributed by atoms with E-state index in [0.29, 0.717) is 0 Å². The molecule has 0 fully saturated rings. The Bertz CT molecular complexity index is 3650. The minimum atomic E-state index is 1.14. The van der Waals surface area contributed by atoms with Gasteiger partial charge in [0.25, 0.3) is 0 Å². The van der Waals surface area contributed by atoms with E-state index in [9.17, 15) is 0 Å². The van der Waals surface area contributed by atoms with E-state index in [1.54, 1.807) is 0 Å². The van der Waals surface area contributed by atoms with Crippen LogP contribution in [0.2, 0.25) is 0 Å². The lowest BCUT2D eigenvalue weighted by Gasteiger charge is -2.27. The summed E-state index contributed by atoms with van der Waals surface area (Å²) in [4.78, 5) is 4.89. The van der Waals surface area contributed by atoms with Gasteiger partial charge in [0.1, 0.15) is 0 Å². The van der Waals surface area contributed by atoms with Gasteiger partial charge in [-0.1, -0.05) is 97.1 Å². The smallest absolute Gasteiger partial charge is 0.0641 e. The van der Waals surface area contributed by atoms with Crippen molar-refractivity contribution < 1.29 is 0 Å². The molecule has 4 aromatic heterocycles. The maximum absolute atomic E-state index is 2.54. The van der Waals surface area contributed by atoms with Crippen molar-refractivity contribution in [2.45, 2.75) is 27.7 Å². The van der Waals surface area contributed by atoms with Gasteiger partial charge in [0.2, 0.25) is 0 Å². The third-order valence-electron chi connectivity index (χ3n) is 13.8. The summed E-state index contributed by atoms with van der Waals surface area (Å²) in [5.41, 5.74) is 19.5. The van der Waals surface area contributed by atoms with Crippen LogP contribution in [0, 0.1) is 27.7 Å². The van der Waals surface area contributed by atoms with Crippen LogP contribution in [0.5, 0.6) is 0 Å². The molecule has 0 aliphatic carbocycles. The van der Waals surface area contributed by atoms with Crippen molar-refractivity contribution in [3.63, 3.8) is 0 Å². The fourth-order valence-corrected chi connectivity index (χ4v) is 10.6. The van der Waals surface area contributed by atoms with Gasteiger partial charge in [-0.05, 0) is 135 Å². The summed E-state index contributed by atoms with van der Waals surface area (Å²) in [6, 6.07) is 67.6. The predicted octanol–water partition coefficient (Wildman–Crippen LogP) is 16.2. The number of aryl methyl sites for hydroxylation is 4. The molecule has 0 radical (unpaired) electrons. The minimum absolute atomic E-state index is 1.14. The van der Waals surface area contributed by atoms with Gasteiger partial charge < -0.3 is 18.6 Å². The van der Waals surface area contributed by atoms with Crippen LogP contribution in [-0.4, -0.2) is 8.80 Å². The molecule has 0 aliphatic rings. The number of aromatic nitrogens is 2. The van der Waals surface area contributed by atoms with Crippen LogP contribution < -0.4 is 9.80 Å². The second-order valence-electron chi connectivity index (χ2n) is 17.2. The van der Waals surface area contributed by atoms with Crippen molar-refractivity contribution in [1.29, 1.82) is 0 Å². The minimum Gasteiger partial charge on any atom is -0.310 e. The van der Waals surface area contributed by atoms with Gasteiger partial charge in [0.15, 0.2) is 0 Å². The third kappa shape index (κ3) is 4.72. The monoisotopic (exact) mass is 794 g/mol. The lowest BCUT2D eigenvalue weighted by molar-refractivity contribution is 1.26. The average molecular weight is 795 g/mol. The Morgan fingerprint density at radius 3 is 1.11 bits per heavy atom. The summed E-state index contributed by atoms with van der Waals surface area (Å²) >= 11 is 0. The van der Waals surface area contributed by atoms with E-state index >= 15 is 0 Å². The molecule has 0 unspecified atom stereocenters. The molecule has 0 aliphatic heterocycles. The number of hydrogen-bond donors (Lipinski definition) is 0. The van der Waals surface area contributed by atoms with Gasteiger partial charge in [0.05, 0.1) is 44.5 Å². The number of anilines is 6. The standard InChI is InChI=1S/C58H42N4/c1-35-23-25-41(31-37(35)3)59(39-15-7-5-8-16-39)51-29-27-43-47-33-54-48(34-53(47)61-49-21-13-11-19-45(49)55(51)57(43)61)44-28-30-52(56-46-20-12-14-22-50(46)62(54)58(44)56)60(40-17-9-6-10-18-40)42-26-24-36(2)38(4)32-42/h5-34H,1-4H3. The molecular weight excluding hydrogens is 753 g/mol. The van der Waals surface area contributed by atoms with E-state index in [-0.39, 0.29) is 0 Å². The fraction of sp³-hybridized carbons (Fsp3) is 0.0690. The fourth-order valence-electron chi connectivity index (χ4n) is 10.6. The summed E-state index contributed by atoms with van der Waals surface area (Å²) in [6.07, 6.45) is 0. The zero-order chi connectivity index (χ0) is 41.4. The zero-order valence-corrected chi connectivity index (χ0v) is 35.1. The van der Waals surface area contributed by atoms with E-state index in [4.69, 9.17) is 0 Å². The molecule has 0 spiro atoms. The number of benzene rings is 9. The van der Waals surface area contributed by atoms with Gasteiger partial charge >= 0.3 is 0 Å². The number of fused-ring (bicyclic) bond motifs is 12. The van der Waals surface area contributed by atoms with Crippen molar-refractivity contribution in [3.8, 4) is 0 Å². The summed E-state index contributed by atoms with van der Waals surface area (Å²) in [5, 5.41) is 10.1. The number of rotatable bonds is 6. The molecule has 9 aromatic carbocycles. The molecule has 0 saturated heterocycles. The third-order valence-corrected chi connectivity index (χ3v) is 13.8. The molecule has 0 atom stereocenters. The van der Waals surface area contributed by atoms with E-state index in [1.807, 2.05) is 0 Å². The van der Waals surface area contributed by atoms with Crippen molar-refractivity contribution >= 4 is 110 Å². The molecule has 0 saturated carbocycles. The molecule has 0 amide bonds. The largest absolute Gasteiger partial charge is 0.310 e. The van der Waals surface area contributed by atoms with E-state index in [0.717, 1.165) is 22.7 Å². The van der Waals surface area contributed by atoms with Crippen LogP contribution in [0.3, 0.4) is 0 Å². The first-order valence-corrected chi connectivity index (χ1v) is 21.6. The lowest BCUT2D eigenvalue weighted by atomic mass is 10.0. The molecule has 4 nitrogen and oxygen atoms in total. The SMILES string of the molecule is Cc1ccc(N(c2ccccc2)c2ccc3c4cc5c(cc4n4c6ccccc6c2c34)c2ccc(N(c3ccccc3)c3ccc(C)c(C)c3)c3c4ccccc4n5c23)cc1C. The highest BCUT2D eigenvalue weighted by Crippen LogP contribution is 2.51. The summed E-state index contributed by atoms with van der Waals surface area (Å²) in [5.74, 6) is 0. The molecule has 62 heavy (non-hydrogen) atoms. The first-order chi connectivity index (χ1) is 30.4. The first-order valence-electron chi connectivity index (χ1n) is 21.6. The van der Waals surface area contributed by atoms with E-state index < -0.39 is 0 Å². The second kappa shape index (κ2) is 12.8. The van der Waals surface area contributed by atoms with Crippen molar-refractivity contribution in [1.82, 2.24) is 8.80 Å². The predicted molar refractivity (Wildman–Crippen MR) is 264 cm³/mol. The van der Waals surface area contributed by atoms with Gasteiger partial charge in [-0.3, -0.25) is 0 Å². The molecule has 13 aromatic rings. The average Bonchev–Trinajstić information content (AvgIpc) is 4.03. The van der Waals surface area contributed by atoms with Crippen LogP contribution in [0.15, 0.2) is 182 Å². The highest BCUT2D eigenvalue weighted by atomic mass is 15.2. The zero-order valence-electron chi connectivity index (χ0n) is 35.1. The first kappa shape index (κ1) is 35.0. The van der Waals surface area contributed by atoms with E-state index in [1.165, 1.54) is 110 Å². The number of hydrogen-bond acceptors (Lipinski definition) is 2. The number of para-hydroxylation sites is 4. The van der Waals surface area contributed by atoms with Crippen molar-refractivity contribution in [2.75, 3.05) is 9.80 Å². The highest BCUT2D eigenvalue weighted by molar-refractivity contribution is 6.32. The van der Waals surface area contributed by atoms with Crippen molar-refractivity contribution in [2.24, 2.45) is 0 Å². The Labute approximate surface area is 359 Å². The molecule has 294 valence electrons. The van der Waals surface area contributed by atoms with Crippen molar-refractivity contribution in [3.05, 3.63) is 204 Å². The second-order valence-corrected chi connectivity index (χ2v) is 17.2. The molecule has 13 rings (SSSR count). The topological polar surface area (TPSA) is 15.3 Å². The Hall–Kier alpha value is -7.82. The molecular formula is C58H42N4. The molecule has 0 N–H and O–H groups in total. The summed E-state index contributed by atoms with van der Waals surface area (Å²) in [7, 11) is 0. The Balaban J connectivity index is 1.12. The maximum atomic E-state index is 2.54. The van der Waals surface area contributed by atoms with Crippen LogP contribution in [0.1, 0.15) is 22.3 Å². The van der Waals surface area contributed by atoms with Crippen LogP contribution >= 0.6 is 0 Å². The van der Waals surface area contributed by atoms with Crippen LogP contribution in [0.4, 0.5) is 34.1 Å². The van der Waals surface area contributed by atoms with Gasteiger partial charge in [-0.15, -0.1) is 0 Å². The molecule has 4 heteroatoms. The maximum Gasteiger partial charge on any atom is 0.0641 e.